The maximum Gasteiger partial charge on any atom is 0.410 e. The van der Waals surface area contributed by atoms with E-state index in [1.807, 2.05) is 45.0 Å². The van der Waals surface area contributed by atoms with Crippen molar-refractivity contribution in [1.29, 1.82) is 0 Å². The zero-order valence-corrected chi connectivity index (χ0v) is 18.9. The first kappa shape index (κ1) is 22.9. The van der Waals surface area contributed by atoms with Crippen molar-refractivity contribution in [3.05, 3.63) is 53.2 Å². The van der Waals surface area contributed by atoms with Crippen molar-refractivity contribution in [2.75, 3.05) is 23.7 Å². The van der Waals surface area contributed by atoms with Crippen LogP contribution in [0, 0.1) is 5.92 Å². The quantitative estimate of drug-likeness (QED) is 0.631. The number of rotatable bonds is 5. The summed E-state index contributed by atoms with van der Waals surface area (Å²) in [6.45, 7) is 7.15. The molecule has 2 heterocycles. The molecule has 1 atom stereocenters. The fourth-order valence-electron chi connectivity index (χ4n) is 3.41. The number of halogens is 1. The number of benzene rings is 1. The van der Waals surface area contributed by atoms with Crippen molar-refractivity contribution in [2.24, 2.45) is 5.92 Å². The summed E-state index contributed by atoms with van der Waals surface area (Å²) >= 11 is 5.79. The van der Waals surface area contributed by atoms with E-state index in [2.05, 4.69) is 15.6 Å². The van der Waals surface area contributed by atoms with Gasteiger partial charge in [-0.3, -0.25) is 5.32 Å². The topological polar surface area (TPSA) is 83.6 Å². The number of pyridine rings is 1. The third-order valence-corrected chi connectivity index (χ3v) is 5.18. The van der Waals surface area contributed by atoms with Gasteiger partial charge < -0.3 is 15.0 Å². The van der Waals surface area contributed by atoms with Gasteiger partial charge in [-0.15, -0.1) is 0 Å². The third kappa shape index (κ3) is 7.43. The van der Waals surface area contributed by atoms with Crippen LogP contribution in [0.3, 0.4) is 0 Å². The van der Waals surface area contributed by atoms with Crippen LogP contribution in [0.15, 0.2) is 42.6 Å². The highest BCUT2D eigenvalue weighted by molar-refractivity contribution is 6.30. The van der Waals surface area contributed by atoms with Gasteiger partial charge in [0.15, 0.2) is 0 Å². The Morgan fingerprint density at radius 2 is 1.90 bits per heavy atom. The number of hydrogen-bond acceptors (Lipinski definition) is 4. The summed E-state index contributed by atoms with van der Waals surface area (Å²) in [5.41, 5.74) is 1.43. The van der Waals surface area contributed by atoms with Crippen LogP contribution < -0.4 is 10.6 Å². The normalized spacial score (nSPS) is 16.1. The Labute approximate surface area is 188 Å². The molecule has 1 saturated heterocycles. The van der Waals surface area contributed by atoms with E-state index in [9.17, 15) is 9.59 Å². The van der Waals surface area contributed by atoms with Gasteiger partial charge in [0.05, 0.1) is 5.02 Å². The first-order valence-corrected chi connectivity index (χ1v) is 10.8. The number of nitrogens with one attached hydrogen (secondary N) is 2. The minimum absolute atomic E-state index is 0.225. The predicted molar refractivity (Wildman–Crippen MR) is 123 cm³/mol. The van der Waals surface area contributed by atoms with Gasteiger partial charge in [-0.1, -0.05) is 23.7 Å². The van der Waals surface area contributed by atoms with Crippen LogP contribution in [0.4, 0.5) is 21.1 Å². The highest BCUT2D eigenvalue weighted by Crippen LogP contribution is 2.24. The molecule has 2 N–H and O–H groups in total. The number of aromatic nitrogens is 1. The molecule has 3 rings (SSSR count). The van der Waals surface area contributed by atoms with E-state index in [0.29, 0.717) is 22.4 Å². The van der Waals surface area contributed by atoms with E-state index in [4.69, 9.17) is 16.3 Å². The van der Waals surface area contributed by atoms with Crippen molar-refractivity contribution in [3.8, 4) is 0 Å². The van der Waals surface area contributed by atoms with Crippen LogP contribution in [0.1, 0.15) is 39.2 Å². The molecular formula is C23H29ClN4O3. The smallest absolute Gasteiger partial charge is 0.410 e. The van der Waals surface area contributed by atoms with E-state index in [1.54, 1.807) is 17.0 Å². The molecule has 0 aliphatic carbocycles. The number of aryl methyl sites for hydroxylation is 1. The molecule has 1 aromatic heterocycles. The standard InChI is InChI=1S/C23H29ClN4O3/c1-23(2,3)31-22(30)28-13-12-17(15-28)5-4-16-6-9-19(10-7-16)26-21(29)27-20-11-8-18(24)14-25-20/h6-11,14,17H,4-5,12-13,15H2,1-3H3,(H2,25,26,27,29)/t17-/m0/s1. The minimum atomic E-state index is -0.465. The summed E-state index contributed by atoms with van der Waals surface area (Å²) in [5.74, 6) is 0.901. The SMILES string of the molecule is CC(C)(C)OC(=O)N1CC[C@H](CCc2ccc(NC(=O)Nc3ccc(Cl)cn3)cc2)C1. The Balaban J connectivity index is 1.42. The second-order valence-electron chi connectivity index (χ2n) is 8.76. The second kappa shape index (κ2) is 10.0. The van der Waals surface area contributed by atoms with Crippen molar-refractivity contribution in [3.63, 3.8) is 0 Å². The lowest BCUT2D eigenvalue weighted by Crippen LogP contribution is -2.35. The maximum atomic E-state index is 12.2. The van der Waals surface area contributed by atoms with Crippen LogP contribution in [-0.2, 0) is 11.2 Å². The highest BCUT2D eigenvalue weighted by atomic mass is 35.5. The van der Waals surface area contributed by atoms with Crippen LogP contribution in [-0.4, -0.2) is 40.7 Å². The van der Waals surface area contributed by atoms with Crippen molar-refractivity contribution >= 4 is 35.2 Å². The maximum absolute atomic E-state index is 12.2. The summed E-state index contributed by atoms with van der Waals surface area (Å²) in [4.78, 5) is 30.1. The Kier molecular flexibility index (Phi) is 7.38. The molecule has 2 aromatic rings. The van der Waals surface area contributed by atoms with Crippen LogP contribution in [0.2, 0.25) is 5.02 Å². The Bertz CT molecular complexity index is 895. The minimum Gasteiger partial charge on any atom is -0.444 e. The number of nitrogens with zero attached hydrogens (tertiary/aromatic N) is 2. The van der Waals surface area contributed by atoms with Gasteiger partial charge in [-0.25, -0.2) is 14.6 Å². The first-order valence-electron chi connectivity index (χ1n) is 10.4. The molecule has 31 heavy (non-hydrogen) atoms. The van der Waals surface area contributed by atoms with Gasteiger partial charge in [-0.05, 0) is 75.8 Å². The second-order valence-corrected chi connectivity index (χ2v) is 9.19. The van der Waals surface area contributed by atoms with Gasteiger partial charge in [0.2, 0.25) is 0 Å². The molecule has 8 heteroatoms. The van der Waals surface area contributed by atoms with E-state index in [1.165, 1.54) is 11.8 Å². The monoisotopic (exact) mass is 444 g/mol. The number of amides is 3. The lowest BCUT2D eigenvalue weighted by molar-refractivity contribution is 0.0287. The van der Waals surface area contributed by atoms with Crippen molar-refractivity contribution < 1.29 is 14.3 Å². The zero-order chi connectivity index (χ0) is 22.4. The molecule has 1 fully saturated rings. The number of carbonyl (C=O) groups excluding carboxylic acids is 2. The van der Waals surface area contributed by atoms with E-state index >= 15 is 0 Å². The van der Waals surface area contributed by atoms with E-state index in [0.717, 1.165) is 32.4 Å². The third-order valence-electron chi connectivity index (χ3n) is 4.96. The largest absolute Gasteiger partial charge is 0.444 e. The van der Waals surface area contributed by atoms with Crippen LogP contribution >= 0.6 is 11.6 Å². The molecule has 3 amide bonds. The molecule has 0 spiro atoms. The Morgan fingerprint density at radius 1 is 1.16 bits per heavy atom. The molecule has 0 bridgehead atoms. The summed E-state index contributed by atoms with van der Waals surface area (Å²) in [7, 11) is 0. The summed E-state index contributed by atoms with van der Waals surface area (Å²) < 4.78 is 5.46. The molecule has 166 valence electrons. The number of carbonyl (C=O) groups is 2. The molecule has 0 radical (unpaired) electrons. The van der Waals surface area contributed by atoms with Gasteiger partial charge >= 0.3 is 12.1 Å². The molecule has 0 unspecified atom stereocenters. The van der Waals surface area contributed by atoms with Crippen molar-refractivity contribution in [1.82, 2.24) is 9.88 Å². The molecule has 1 aromatic carbocycles. The van der Waals surface area contributed by atoms with Crippen LogP contribution in [0.25, 0.3) is 0 Å². The summed E-state index contributed by atoms with van der Waals surface area (Å²) in [6, 6.07) is 10.7. The van der Waals surface area contributed by atoms with Gasteiger partial charge in [0.1, 0.15) is 11.4 Å². The van der Waals surface area contributed by atoms with Crippen molar-refractivity contribution in [2.45, 2.75) is 45.6 Å². The number of hydrogen-bond donors (Lipinski definition) is 2. The number of likely N-dealkylation sites (tertiary alicyclic amines) is 1. The lowest BCUT2D eigenvalue weighted by Gasteiger charge is -2.24. The Hall–Kier alpha value is -2.80. The fourth-order valence-corrected chi connectivity index (χ4v) is 3.53. The van der Waals surface area contributed by atoms with Gasteiger partial charge in [0, 0.05) is 25.0 Å². The molecule has 0 saturated carbocycles. The molecular weight excluding hydrogens is 416 g/mol. The van der Waals surface area contributed by atoms with E-state index in [-0.39, 0.29) is 12.1 Å². The lowest BCUT2D eigenvalue weighted by atomic mass is 9.99. The van der Waals surface area contributed by atoms with Gasteiger partial charge in [0.25, 0.3) is 0 Å². The zero-order valence-electron chi connectivity index (χ0n) is 18.2. The molecule has 7 nitrogen and oxygen atoms in total. The van der Waals surface area contributed by atoms with E-state index < -0.39 is 5.60 Å². The Morgan fingerprint density at radius 3 is 2.55 bits per heavy atom. The highest BCUT2D eigenvalue weighted by Gasteiger charge is 2.29. The van der Waals surface area contributed by atoms with Gasteiger partial charge in [-0.2, -0.15) is 0 Å². The fraction of sp³-hybridized carbons (Fsp3) is 0.435. The first-order chi connectivity index (χ1) is 14.7. The average Bonchev–Trinajstić information content (AvgIpc) is 3.17. The number of urea groups is 1. The molecule has 1 aliphatic heterocycles. The summed E-state index contributed by atoms with van der Waals surface area (Å²) in [5, 5.41) is 5.96. The number of ether oxygens (including phenoxy) is 1. The molecule has 1 aliphatic rings. The predicted octanol–water partition coefficient (Wildman–Crippen LogP) is 5.57. The van der Waals surface area contributed by atoms with Crippen LogP contribution in [0.5, 0.6) is 0 Å². The average molecular weight is 445 g/mol. The number of anilines is 2. The summed E-state index contributed by atoms with van der Waals surface area (Å²) in [6.07, 6.45) is 4.18.